The molecule has 27 heteroatoms. The average Bonchev–Trinajstić information content (AvgIpc) is 1.59. The van der Waals surface area contributed by atoms with Gasteiger partial charge in [0.15, 0.2) is 0 Å². The number of hydrogen-bond donors (Lipinski definition) is 0. The third-order valence-electron chi connectivity index (χ3n) is 27.9. The molecule has 13 aromatic heterocycles. The number of benzene rings is 7. The van der Waals surface area contributed by atoms with Crippen molar-refractivity contribution in [3.8, 4) is 112 Å². The maximum absolute atomic E-state index is 13.8. The number of fused-ring (bicyclic) bond motifs is 5. The van der Waals surface area contributed by atoms with Crippen LogP contribution in [0.1, 0.15) is 46.6 Å². The summed E-state index contributed by atoms with van der Waals surface area (Å²) >= 11 is 0. The lowest BCUT2D eigenvalue weighted by molar-refractivity contribution is -0.137. The van der Waals surface area contributed by atoms with E-state index in [9.17, 15) is 17.6 Å². The maximum atomic E-state index is 13.8. The molecule has 6 fully saturated rings. The lowest BCUT2D eigenvalue weighted by atomic mass is 9.97. The van der Waals surface area contributed by atoms with Gasteiger partial charge in [0.1, 0.15) is 40.2 Å². The number of ether oxygens (including phenoxy) is 5. The first-order valence-corrected chi connectivity index (χ1v) is 50.4. The topological polar surface area (TPSA) is 204 Å². The molecule has 5 saturated heterocycles. The quantitative estimate of drug-likeness (QED) is 0.0825. The van der Waals surface area contributed by atoms with E-state index >= 15 is 0 Å². The summed E-state index contributed by atoms with van der Waals surface area (Å²) in [6.07, 6.45) is 23.0. The Hall–Kier alpha value is -16.3. The molecular weight excluding hydrogens is 1860 g/mol. The van der Waals surface area contributed by atoms with Crippen LogP contribution in [-0.4, -0.2) is 195 Å². The third kappa shape index (κ3) is 21.4. The number of nitrogens with zero attached hydrogens (tertiary/aromatic N) is 18. The molecule has 0 spiro atoms. The van der Waals surface area contributed by atoms with Crippen LogP contribution in [-0.2, 0) is 29.9 Å². The van der Waals surface area contributed by atoms with Crippen LogP contribution in [0, 0.1) is 26.6 Å². The predicted molar refractivity (Wildman–Crippen MR) is 579 cm³/mol. The number of imidazole rings is 3. The van der Waals surface area contributed by atoms with Crippen LogP contribution < -0.4 is 24.5 Å². The molecule has 1 saturated carbocycles. The second-order valence-electron chi connectivity index (χ2n) is 37.6. The van der Waals surface area contributed by atoms with Gasteiger partial charge in [0, 0.05) is 222 Å². The normalized spacial score (nSPS) is 15.0. The SMILES string of the molecule is Cc1cc(-c2ncccc2-c2ccc3nccc(N4CCOCC4)c3c2)ccc1F.Cc1cccc(-c2ncccc2-c2ccc3ncc(N4CCOCC4)n3c2)c1.Cc1cccc(-c2ncccc2-c2ccc3nccc(N4CCOCC4)c3c2)c1.FC(F)(F)c1cccc(-c2ncccc2-c2ccc3ncc(N4CCOCC4)n3c2)c1.c1cc(-c2ncccc2-c2ccc3ncc(N4CCOCC4)n3c2)cc(C2CC2)c1. The van der Waals surface area contributed by atoms with Gasteiger partial charge in [-0.15, -0.1) is 0 Å². The van der Waals surface area contributed by atoms with Crippen LogP contribution >= 0.6 is 0 Å². The van der Waals surface area contributed by atoms with Crippen LogP contribution in [0.25, 0.3) is 151 Å². The Morgan fingerprint density at radius 3 is 0.959 bits per heavy atom. The van der Waals surface area contributed by atoms with Crippen molar-refractivity contribution in [2.24, 2.45) is 0 Å². The number of rotatable bonds is 16. The maximum Gasteiger partial charge on any atom is 0.416 e. The molecule has 0 N–H and O–H groups in total. The minimum absolute atomic E-state index is 0.205. The lowest BCUT2D eigenvalue weighted by Crippen LogP contribution is -2.36. The van der Waals surface area contributed by atoms with Crippen LogP contribution in [0.5, 0.6) is 0 Å². The summed E-state index contributed by atoms with van der Waals surface area (Å²) in [5.74, 6) is 3.72. The molecule has 0 bridgehead atoms. The van der Waals surface area contributed by atoms with Gasteiger partial charge in [-0.05, 0) is 213 Å². The van der Waals surface area contributed by atoms with Crippen molar-refractivity contribution in [3.05, 3.63) is 375 Å². The fourth-order valence-corrected chi connectivity index (χ4v) is 20.1. The summed E-state index contributed by atoms with van der Waals surface area (Å²) in [5, 5.41) is 2.29. The van der Waals surface area contributed by atoms with Gasteiger partial charge in [0.2, 0.25) is 0 Å². The highest BCUT2D eigenvalue weighted by molar-refractivity contribution is 5.98. The molecular formula is C121H110F4N18O5. The van der Waals surface area contributed by atoms with Gasteiger partial charge in [-0.25, -0.2) is 19.3 Å². The zero-order valence-corrected chi connectivity index (χ0v) is 82.6. The highest BCUT2D eigenvalue weighted by Gasteiger charge is 2.32. The molecule has 0 unspecified atom stereocenters. The van der Waals surface area contributed by atoms with E-state index < -0.39 is 11.7 Å². The van der Waals surface area contributed by atoms with Gasteiger partial charge >= 0.3 is 6.18 Å². The number of pyridine rings is 10. The third-order valence-corrected chi connectivity index (χ3v) is 27.9. The number of aryl methyl sites for hydroxylation is 3. The van der Waals surface area contributed by atoms with Crippen molar-refractivity contribution in [2.75, 3.05) is 156 Å². The molecule has 20 aromatic rings. The van der Waals surface area contributed by atoms with E-state index in [2.05, 4.69) is 264 Å². The Kier molecular flexibility index (Phi) is 28.6. The second kappa shape index (κ2) is 43.9. The average molecular weight is 1970 g/mol. The number of halogens is 4. The van der Waals surface area contributed by atoms with E-state index in [-0.39, 0.29) is 5.82 Å². The molecule has 5 aliphatic heterocycles. The first kappa shape index (κ1) is 96.5. The molecule has 23 nitrogen and oxygen atoms in total. The van der Waals surface area contributed by atoms with Gasteiger partial charge in [0.05, 0.1) is 130 Å². The van der Waals surface area contributed by atoms with Crippen LogP contribution in [0.4, 0.5) is 46.4 Å². The Labute approximate surface area is 855 Å². The van der Waals surface area contributed by atoms with Gasteiger partial charge in [-0.3, -0.25) is 48.1 Å². The summed E-state index contributed by atoms with van der Waals surface area (Å²) in [5.41, 5.74) is 30.6. The molecule has 18 heterocycles. The number of alkyl halides is 3. The zero-order valence-electron chi connectivity index (χ0n) is 82.6. The smallest absolute Gasteiger partial charge is 0.378 e. The van der Waals surface area contributed by atoms with E-state index in [4.69, 9.17) is 38.6 Å². The van der Waals surface area contributed by atoms with E-state index in [0.29, 0.717) is 30.0 Å². The molecule has 26 rings (SSSR count). The minimum atomic E-state index is -4.41. The Balaban J connectivity index is 0.000000105. The monoisotopic (exact) mass is 1970 g/mol. The standard InChI is InChI=1S/C25H22FN3O.C25H24N4O.C25H23N3O.C23H19F3N4O.C23H22N4O/c1-17-15-19(4-6-22(17)26)25-20(3-2-9-28-25)18-5-7-23-21(16-18)24(8-10-27-23)29-11-13-30-14-12-29;1-3-19(18-6-7-18)15-20(4-1)25-22(5-2-10-26-25)21-8-9-23-27-16-24(29(23)17-21)28-11-13-30-14-12-28;1-18-4-2-5-20(16-18)25-21(6-3-10-27-25)19-7-8-23-22(17-19)24(9-11-26-23)28-12-14-29-15-13-28;24-23(25,26)18-4-1-3-16(13-18)22-19(5-2-8-27-22)17-6-7-20-28-14-21(30(20)15-17)29-9-11-31-12-10-29;1-17-4-2-5-18(14-17)23-20(6-3-9-24-23)19-7-8-21-25-15-22(27(21)16-19)26-10-12-28-13-11-26/h2-10,15-16H,11-14H2,1H3;1-5,8-10,15-18H,6-7,11-14H2;2-11,16-17H,12-15H2,1H3;1-8,13-15H,9-12H2;2-9,14-16H,10-13H2,1H3. The molecule has 742 valence electrons. The van der Waals surface area contributed by atoms with Crippen LogP contribution in [0.3, 0.4) is 0 Å². The Morgan fingerprint density at radius 2 is 0.601 bits per heavy atom. The molecule has 0 radical (unpaired) electrons. The van der Waals surface area contributed by atoms with E-state index in [1.165, 1.54) is 64.0 Å². The number of morpholine rings is 5. The summed E-state index contributed by atoms with van der Waals surface area (Å²) < 4.78 is 87.3. The summed E-state index contributed by atoms with van der Waals surface area (Å²) in [6, 6.07) is 85.7. The molecule has 0 amide bonds. The highest BCUT2D eigenvalue weighted by Crippen LogP contribution is 2.45. The number of anilines is 5. The number of hydrogen-bond acceptors (Lipinski definition) is 20. The van der Waals surface area contributed by atoms with Gasteiger partial charge in [0.25, 0.3) is 0 Å². The molecule has 148 heavy (non-hydrogen) atoms. The van der Waals surface area contributed by atoms with Crippen LogP contribution in [0.2, 0.25) is 0 Å². The fraction of sp³-hybridized carbons (Fsp3) is 0.223. The van der Waals surface area contributed by atoms with E-state index in [1.54, 1.807) is 37.5 Å². The summed E-state index contributed by atoms with van der Waals surface area (Å²) in [6.45, 7) is 22.0. The van der Waals surface area contributed by atoms with Crippen molar-refractivity contribution < 1.29 is 41.2 Å². The lowest BCUT2D eigenvalue weighted by Gasteiger charge is -2.29. The zero-order chi connectivity index (χ0) is 100. The molecule has 1 aliphatic carbocycles. The largest absolute Gasteiger partial charge is 0.416 e. The fourth-order valence-electron chi connectivity index (χ4n) is 20.1. The Morgan fingerprint density at radius 1 is 0.277 bits per heavy atom. The molecule has 6 aliphatic rings. The number of aromatic nitrogens is 13. The van der Waals surface area contributed by atoms with Crippen molar-refractivity contribution in [2.45, 2.75) is 45.7 Å². The first-order chi connectivity index (χ1) is 72.7. The minimum Gasteiger partial charge on any atom is -0.378 e. The van der Waals surface area contributed by atoms with Gasteiger partial charge in [-0.2, -0.15) is 13.2 Å². The van der Waals surface area contributed by atoms with Crippen molar-refractivity contribution in [1.82, 2.24) is 63.0 Å². The predicted octanol–water partition coefficient (Wildman–Crippen LogP) is 24.3. The van der Waals surface area contributed by atoms with Crippen molar-refractivity contribution >= 4 is 67.6 Å². The van der Waals surface area contributed by atoms with Crippen molar-refractivity contribution in [3.63, 3.8) is 0 Å². The van der Waals surface area contributed by atoms with Gasteiger partial charge in [-0.1, -0.05) is 120 Å². The summed E-state index contributed by atoms with van der Waals surface area (Å²) in [7, 11) is 0. The second-order valence-corrected chi connectivity index (χ2v) is 37.6. The van der Waals surface area contributed by atoms with Gasteiger partial charge < -0.3 is 48.2 Å². The highest BCUT2D eigenvalue weighted by atomic mass is 19.4. The molecule has 0 atom stereocenters. The Bertz CT molecular complexity index is 8140. The van der Waals surface area contributed by atoms with E-state index in [1.807, 2.05) is 109 Å². The summed E-state index contributed by atoms with van der Waals surface area (Å²) in [4.78, 5) is 57.7. The van der Waals surface area contributed by atoms with Crippen molar-refractivity contribution in [1.29, 1.82) is 0 Å². The first-order valence-electron chi connectivity index (χ1n) is 50.4. The van der Waals surface area contributed by atoms with Crippen LogP contribution in [0.15, 0.2) is 341 Å². The van der Waals surface area contributed by atoms with E-state index in [0.717, 1.165) is 282 Å². The molecule has 7 aromatic carbocycles.